The quantitative estimate of drug-likeness (QED) is 0.734. The molecule has 7 nitrogen and oxygen atoms in total. The second-order valence-electron chi connectivity index (χ2n) is 7.17. The Bertz CT molecular complexity index is 749. The molecule has 1 N–H and O–H groups in total. The first-order valence-corrected chi connectivity index (χ1v) is 9.55. The van der Waals surface area contributed by atoms with E-state index >= 15 is 0 Å². The minimum absolute atomic E-state index is 0.164. The molecule has 1 fully saturated rings. The Balaban J connectivity index is 1.68. The average molecular weight is 373 g/mol. The van der Waals surface area contributed by atoms with Crippen molar-refractivity contribution in [3.8, 4) is 5.75 Å². The molecule has 3 amide bonds. The van der Waals surface area contributed by atoms with Crippen LogP contribution in [0.5, 0.6) is 5.75 Å². The van der Waals surface area contributed by atoms with Crippen LogP contribution < -0.4 is 10.1 Å². The van der Waals surface area contributed by atoms with Gasteiger partial charge in [0.15, 0.2) is 0 Å². The summed E-state index contributed by atoms with van der Waals surface area (Å²) in [7, 11) is 2.08. The standard InChI is InChI=1S/C20H27N3O4/c1-4-14(22(3)5-2)12-27-15-6-7-16-13(10-15)11-23(20(16)26)17-8-9-18(24)21-19(17)25/h6-7,10,14,17H,4-5,8-9,11-12H2,1-3H3,(H,21,24,25). The fraction of sp³-hybridized carbons (Fsp3) is 0.550. The summed E-state index contributed by atoms with van der Waals surface area (Å²) in [5, 5.41) is 2.32. The third-order valence-corrected chi connectivity index (χ3v) is 5.53. The number of ether oxygens (including phenoxy) is 1. The van der Waals surface area contributed by atoms with Gasteiger partial charge in [-0.3, -0.25) is 19.7 Å². The van der Waals surface area contributed by atoms with Crippen molar-refractivity contribution in [3.63, 3.8) is 0 Å². The van der Waals surface area contributed by atoms with E-state index in [1.54, 1.807) is 11.0 Å². The number of piperidine rings is 1. The number of fused-ring (bicyclic) bond motifs is 1. The zero-order valence-corrected chi connectivity index (χ0v) is 16.2. The zero-order valence-electron chi connectivity index (χ0n) is 16.2. The van der Waals surface area contributed by atoms with Crippen LogP contribution in [-0.2, 0) is 16.1 Å². The van der Waals surface area contributed by atoms with Crippen molar-refractivity contribution in [2.75, 3.05) is 20.2 Å². The van der Waals surface area contributed by atoms with Gasteiger partial charge in [0.25, 0.3) is 5.91 Å². The Hall–Kier alpha value is -2.41. The first kappa shape index (κ1) is 19.4. The highest BCUT2D eigenvalue weighted by molar-refractivity contribution is 6.05. The van der Waals surface area contributed by atoms with Gasteiger partial charge >= 0.3 is 0 Å². The number of rotatable bonds is 7. The molecule has 27 heavy (non-hydrogen) atoms. The van der Waals surface area contributed by atoms with Crippen LogP contribution in [0.2, 0.25) is 0 Å². The van der Waals surface area contributed by atoms with Gasteiger partial charge < -0.3 is 14.5 Å². The maximum absolute atomic E-state index is 12.7. The highest BCUT2D eigenvalue weighted by Crippen LogP contribution is 2.30. The smallest absolute Gasteiger partial charge is 0.255 e. The first-order chi connectivity index (χ1) is 12.9. The first-order valence-electron chi connectivity index (χ1n) is 9.55. The summed E-state index contributed by atoms with van der Waals surface area (Å²) >= 11 is 0. The molecule has 0 bridgehead atoms. The summed E-state index contributed by atoms with van der Waals surface area (Å²) < 4.78 is 5.96. The topological polar surface area (TPSA) is 79.0 Å². The van der Waals surface area contributed by atoms with E-state index in [0.29, 0.717) is 31.2 Å². The van der Waals surface area contributed by atoms with Gasteiger partial charge in [-0.2, -0.15) is 0 Å². The number of nitrogens with one attached hydrogen (secondary N) is 1. The van der Waals surface area contributed by atoms with Gasteiger partial charge in [0, 0.05) is 24.6 Å². The maximum Gasteiger partial charge on any atom is 0.255 e. The van der Waals surface area contributed by atoms with Gasteiger partial charge in [0.2, 0.25) is 11.8 Å². The zero-order chi connectivity index (χ0) is 19.6. The van der Waals surface area contributed by atoms with Crippen molar-refractivity contribution >= 4 is 17.7 Å². The minimum atomic E-state index is -0.588. The molecule has 1 aromatic carbocycles. The molecule has 0 aromatic heterocycles. The summed E-state index contributed by atoms with van der Waals surface area (Å²) in [5.41, 5.74) is 1.46. The Morgan fingerprint density at radius 1 is 1.30 bits per heavy atom. The number of nitrogens with zero attached hydrogens (tertiary/aromatic N) is 2. The van der Waals surface area contributed by atoms with E-state index in [9.17, 15) is 14.4 Å². The fourth-order valence-corrected chi connectivity index (χ4v) is 3.65. The number of benzene rings is 1. The van der Waals surface area contributed by atoms with Gasteiger partial charge in [0.05, 0.1) is 0 Å². The van der Waals surface area contributed by atoms with Crippen molar-refractivity contribution in [2.24, 2.45) is 0 Å². The third kappa shape index (κ3) is 3.98. The molecule has 2 aliphatic heterocycles. The van der Waals surface area contributed by atoms with Crippen LogP contribution in [-0.4, -0.2) is 59.8 Å². The highest BCUT2D eigenvalue weighted by atomic mass is 16.5. The minimum Gasteiger partial charge on any atom is -0.492 e. The lowest BCUT2D eigenvalue weighted by atomic mass is 10.0. The van der Waals surface area contributed by atoms with Gasteiger partial charge in [-0.05, 0) is 50.2 Å². The number of likely N-dealkylation sites (N-methyl/N-ethyl adjacent to an activating group) is 1. The molecule has 2 unspecified atom stereocenters. The summed E-state index contributed by atoms with van der Waals surface area (Å²) in [4.78, 5) is 39.9. The molecule has 0 saturated carbocycles. The van der Waals surface area contributed by atoms with Gasteiger partial charge in [0.1, 0.15) is 18.4 Å². The van der Waals surface area contributed by atoms with E-state index in [2.05, 4.69) is 31.1 Å². The van der Waals surface area contributed by atoms with Crippen LogP contribution >= 0.6 is 0 Å². The largest absolute Gasteiger partial charge is 0.492 e. The molecule has 0 radical (unpaired) electrons. The monoisotopic (exact) mass is 373 g/mol. The van der Waals surface area contributed by atoms with E-state index in [1.165, 1.54) is 0 Å². The fourth-order valence-electron chi connectivity index (χ4n) is 3.65. The predicted octanol–water partition coefficient (Wildman–Crippen LogP) is 1.56. The molecule has 3 rings (SSSR count). The van der Waals surface area contributed by atoms with Crippen LogP contribution in [0.3, 0.4) is 0 Å². The van der Waals surface area contributed by atoms with E-state index in [1.807, 2.05) is 12.1 Å². The van der Waals surface area contributed by atoms with E-state index in [4.69, 9.17) is 4.74 Å². The molecule has 7 heteroatoms. The summed E-state index contributed by atoms with van der Waals surface area (Å²) in [5.74, 6) is -0.103. The van der Waals surface area contributed by atoms with Crippen LogP contribution in [0, 0.1) is 0 Å². The van der Waals surface area contributed by atoms with Crippen molar-refractivity contribution in [1.29, 1.82) is 0 Å². The van der Waals surface area contributed by atoms with Crippen LogP contribution in [0.15, 0.2) is 18.2 Å². The molecule has 0 spiro atoms. The molecule has 1 aromatic rings. The van der Waals surface area contributed by atoms with E-state index in [0.717, 1.165) is 24.3 Å². The summed E-state index contributed by atoms with van der Waals surface area (Å²) in [6.45, 7) is 6.17. The molecule has 2 atom stereocenters. The Morgan fingerprint density at radius 3 is 2.74 bits per heavy atom. The molecule has 146 valence electrons. The van der Waals surface area contributed by atoms with Gasteiger partial charge in [-0.25, -0.2) is 0 Å². The molecular weight excluding hydrogens is 346 g/mol. The average Bonchev–Trinajstić information content (AvgIpc) is 2.98. The number of hydrogen-bond acceptors (Lipinski definition) is 5. The maximum atomic E-state index is 12.7. The predicted molar refractivity (Wildman–Crippen MR) is 100 cm³/mol. The van der Waals surface area contributed by atoms with Gasteiger partial charge in [-0.15, -0.1) is 0 Å². The number of carbonyl (C=O) groups excluding carboxylic acids is 3. The Morgan fingerprint density at radius 2 is 2.07 bits per heavy atom. The lowest BCUT2D eigenvalue weighted by molar-refractivity contribution is -0.136. The Labute approximate surface area is 159 Å². The lowest BCUT2D eigenvalue weighted by Gasteiger charge is -2.29. The third-order valence-electron chi connectivity index (χ3n) is 5.53. The lowest BCUT2D eigenvalue weighted by Crippen LogP contribution is -2.52. The van der Waals surface area contributed by atoms with Crippen molar-refractivity contribution in [2.45, 2.75) is 51.7 Å². The highest BCUT2D eigenvalue weighted by Gasteiger charge is 2.39. The second kappa shape index (κ2) is 8.08. The number of amides is 3. The van der Waals surface area contributed by atoms with Crippen LogP contribution in [0.25, 0.3) is 0 Å². The number of hydrogen-bond donors (Lipinski definition) is 1. The van der Waals surface area contributed by atoms with E-state index in [-0.39, 0.29) is 18.2 Å². The van der Waals surface area contributed by atoms with E-state index < -0.39 is 11.9 Å². The normalized spacial score (nSPS) is 20.7. The van der Waals surface area contributed by atoms with Crippen molar-refractivity contribution < 1.29 is 19.1 Å². The van der Waals surface area contributed by atoms with Crippen molar-refractivity contribution in [1.82, 2.24) is 15.1 Å². The Kier molecular flexibility index (Phi) is 5.79. The molecule has 2 heterocycles. The summed E-state index contributed by atoms with van der Waals surface area (Å²) in [6.07, 6.45) is 1.63. The van der Waals surface area contributed by atoms with Crippen LogP contribution in [0.1, 0.15) is 49.0 Å². The number of imide groups is 1. The molecule has 1 saturated heterocycles. The SMILES string of the molecule is CCC(COc1ccc2c(c1)CN(C1CCC(=O)NC1=O)C2=O)N(C)CC. The summed E-state index contributed by atoms with van der Waals surface area (Å²) in [6, 6.07) is 5.21. The van der Waals surface area contributed by atoms with Crippen molar-refractivity contribution in [3.05, 3.63) is 29.3 Å². The van der Waals surface area contributed by atoms with Gasteiger partial charge in [-0.1, -0.05) is 13.8 Å². The molecule has 2 aliphatic rings. The molecular formula is C20H27N3O4. The van der Waals surface area contributed by atoms with Crippen LogP contribution in [0.4, 0.5) is 0 Å². The molecule has 0 aliphatic carbocycles. The second-order valence-corrected chi connectivity index (χ2v) is 7.17. The number of carbonyl (C=O) groups is 3.